The van der Waals surface area contributed by atoms with Crippen molar-refractivity contribution in [1.29, 1.82) is 0 Å². The molecule has 0 heterocycles. The molecule has 0 aliphatic rings. The van der Waals surface area contributed by atoms with Crippen molar-refractivity contribution >= 4 is 29.3 Å². The van der Waals surface area contributed by atoms with Crippen LogP contribution >= 0.6 is 23.2 Å². The lowest BCUT2D eigenvalue weighted by atomic mass is 10.2. The lowest BCUT2D eigenvalue weighted by molar-refractivity contribution is 0.415. The van der Waals surface area contributed by atoms with Gasteiger partial charge < -0.3 is 10.5 Å². The summed E-state index contributed by atoms with van der Waals surface area (Å²) in [7, 11) is 1.55. The van der Waals surface area contributed by atoms with Crippen LogP contribution < -0.4 is 10.5 Å². The standard InChI is InChI=1S/C10H11Cl2NO/c1-14-9-6-8(11)5-7(10(9)12)3-2-4-13/h2-3,5-6H,4,13H2,1H3/b3-2+. The zero-order valence-electron chi connectivity index (χ0n) is 7.76. The third-order valence-corrected chi connectivity index (χ3v) is 2.31. The Balaban J connectivity index is 3.15. The molecule has 0 amide bonds. The molecule has 0 fully saturated rings. The van der Waals surface area contributed by atoms with Crippen LogP contribution in [0, 0.1) is 0 Å². The quantitative estimate of drug-likeness (QED) is 0.869. The first-order chi connectivity index (χ1) is 6.69. The highest BCUT2D eigenvalue weighted by Crippen LogP contribution is 2.32. The first kappa shape index (κ1) is 11.4. The summed E-state index contributed by atoms with van der Waals surface area (Å²) in [6.07, 6.45) is 3.62. The molecular formula is C10H11Cl2NO. The highest BCUT2D eigenvalue weighted by molar-refractivity contribution is 6.35. The highest BCUT2D eigenvalue weighted by atomic mass is 35.5. The number of ether oxygens (including phenoxy) is 1. The molecule has 4 heteroatoms. The number of rotatable bonds is 3. The largest absolute Gasteiger partial charge is 0.495 e. The van der Waals surface area contributed by atoms with Crippen LogP contribution in [0.25, 0.3) is 6.08 Å². The number of hydrogen-bond donors (Lipinski definition) is 1. The van der Waals surface area contributed by atoms with E-state index in [0.29, 0.717) is 22.3 Å². The minimum atomic E-state index is 0.463. The molecule has 1 aromatic carbocycles. The van der Waals surface area contributed by atoms with Gasteiger partial charge in [-0.15, -0.1) is 0 Å². The first-order valence-corrected chi connectivity index (χ1v) is 4.84. The van der Waals surface area contributed by atoms with E-state index in [1.807, 2.05) is 6.08 Å². The molecule has 76 valence electrons. The highest BCUT2D eigenvalue weighted by Gasteiger charge is 2.06. The molecule has 0 saturated heterocycles. The number of halogens is 2. The van der Waals surface area contributed by atoms with Gasteiger partial charge >= 0.3 is 0 Å². The minimum absolute atomic E-state index is 0.463. The normalized spacial score (nSPS) is 10.9. The van der Waals surface area contributed by atoms with Crippen molar-refractivity contribution in [2.45, 2.75) is 0 Å². The lowest BCUT2D eigenvalue weighted by Crippen LogP contribution is -1.92. The Labute approximate surface area is 93.3 Å². The number of hydrogen-bond acceptors (Lipinski definition) is 2. The Kier molecular flexibility index (Phi) is 4.26. The molecule has 2 N–H and O–H groups in total. The SMILES string of the molecule is COc1cc(Cl)cc(/C=C/CN)c1Cl. The Hall–Kier alpha value is -0.700. The van der Waals surface area contributed by atoms with E-state index in [0.717, 1.165) is 5.56 Å². The Bertz CT molecular complexity index is 350. The third kappa shape index (κ3) is 2.64. The van der Waals surface area contributed by atoms with Gasteiger partial charge in [0.25, 0.3) is 0 Å². The lowest BCUT2D eigenvalue weighted by Gasteiger charge is -2.06. The fourth-order valence-corrected chi connectivity index (χ4v) is 1.52. The summed E-state index contributed by atoms with van der Waals surface area (Å²) >= 11 is 11.9. The van der Waals surface area contributed by atoms with E-state index in [4.69, 9.17) is 33.7 Å². The zero-order valence-corrected chi connectivity index (χ0v) is 9.27. The zero-order chi connectivity index (χ0) is 10.6. The molecule has 0 aromatic heterocycles. The van der Waals surface area contributed by atoms with Gasteiger partial charge in [-0.3, -0.25) is 0 Å². The van der Waals surface area contributed by atoms with Crippen molar-refractivity contribution in [2.75, 3.05) is 13.7 Å². The van der Waals surface area contributed by atoms with E-state index in [9.17, 15) is 0 Å². The summed E-state index contributed by atoms with van der Waals surface area (Å²) in [6, 6.07) is 3.43. The monoisotopic (exact) mass is 231 g/mol. The molecule has 0 saturated carbocycles. The van der Waals surface area contributed by atoms with Crippen molar-refractivity contribution in [3.8, 4) is 5.75 Å². The molecule has 0 radical (unpaired) electrons. The van der Waals surface area contributed by atoms with Crippen molar-refractivity contribution in [3.63, 3.8) is 0 Å². The topological polar surface area (TPSA) is 35.2 Å². The van der Waals surface area contributed by atoms with Gasteiger partial charge in [0.05, 0.1) is 12.1 Å². The van der Waals surface area contributed by atoms with Crippen LogP contribution in [-0.4, -0.2) is 13.7 Å². The molecule has 0 spiro atoms. The van der Waals surface area contributed by atoms with Gasteiger partial charge in [-0.05, 0) is 11.6 Å². The van der Waals surface area contributed by atoms with Crippen LogP contribution in [0.1, 0.15) is 5.56 Å². The minimum Gasteiger partial charge on any atom is -0.495 e. The summed E-state index contributed by atoms with van der Waals surface area (Å²) in [4.78, 5) is 0. The van der Waals surface area contributed by atoms with E-state index in [-0.39, 0.29) is 0 Å². The summed E-state index contributed by atoms with van der Waals surface area (Å²) in [5.74, 6) is 0.566. The van der Waals surface area contributed by atoms with Crippen molar-refractivity contribution in [1.82, 2.24) is 0 Å². The first-order valence-electron chi connectivity index (χ1n) is 4.08. The summed E-state index contributed by atoms with van der Waals surface area (Å²) < 4.78 is 5.06. The molecule has 0 aliphatic carbocycles. The second-order valence-electron chi connectivity index (χ2n) is 2.65. The van der Waals surface area contributed by atoms with Crippen LogP contribution in [0.3, 0.4) is 0 Å². The molecule has 1 aromatic rings. The maximum Gasteiger partial charge on any atom is 0.139 e. The van der Waals surface area contributed by atoms with Crippen LogP contribution in [0.5, 0.6) is 5.75 Å². The third-order valence-electron chi connectivity index (χ3n) is 1.69. The number of nitrogens with two attached hydrogens (primary N) is 1. The molecule has 0 aliphatic heterocycles. The van der Waals surface area contributed by atoms with Gasteiger partial charge in [-0.2, -0.15) is 0 Å². The van der Waals surface area contributed by atoms with Gasteiger partial charge in [-0.1, -0.05) is 35.4 Å². The van der Waals surface area contributed by atoms with Crippen LogP contribution in [-0.2, 0) is 0 Å². The van der Waals surface area contributed by atoms with Gasteiger partial charge in [0.1, 0.15) is 5.75 Å². The molecule has 0 unspecified atom stereocenters. The van der Waals surface area contributed by atoms with Crippen LogP contribution in [0.4, 0.5) is 0 Å². The predicted octanol–water partition coefficient (Wildman–Crippen LogP) is 2.97. The fraction of sp³-hybridized carbons (Fsp3) is 0.200. The predicted molar refractivity (Wildman–Crippen MR) is 61.1 cm³/mol. The average molecular weight is 232 g/mol. The molecule has 0 bridgehead atoms. The second-order valence-corrected chi connectivity index (χ2v) is 3.46. The van der Waals surface area contributed by atoms with Gasteiger partial charge in [0.15, 0.2) is 0 Å². The Morgan fingerprint density at radius 1 is 1.43 bits per heavy atom. The second kappa shape index (κ2) is 5.25. The van der Waals surface area contributed by atoms with E-state index >= 15 is 0 Å². The maximum atomic E-state index is 6.04. The average Bonchev–Trinajstić information content (AvgIpc) is 2.18. The van der Waals surface area contributed by atoms with Crippen LogP contribution in [0.2, 0.25) is 10.0 Å². The van der Waals surface area contributed by atoms with E-state index in [2.05, 4.69) is 0 Å². The number of benzene rings is 1. The van der Waals surface area contributed by atoms with E-state index in [1.165, 1.54) is 0 Å². The van der Waals surface area contributed by atoms with Gasteiger partial charge in [0.2, 0.25) is 0 Å². The molecular weight excluding hydrogens is 221 g/mol. The molecule has 2 nitrogen and oxygen atoms in total. The van der Waals surface area contributed by atoms with Gasteiger partial charge in [-0.25, -0.2) is 0 Å². The fourth-order valence-electron chi connectivity index (χ4n) is 1.05. The van der Waals surface area contributed by atoms with Crippen molar-refractivity contribution in [2.24, 2.45) is 5.73 Å². The van der Waals surface area contributed by atoms with E-state index < -0.39 is 0 Å². The Morgan fingerprint density at radius 3 is 2.71 bits per heavy atom. The smallest absolute Gasteiger partial charge is 0.139 e. The summed E-state index contributed by atoms with van der Waals surface area (Å²) in [5, 5.41) is 1.13. The Morgan fingerprint density at radius 2 is 2.14 bits per heavy atom. The van der Waals surface area contributed by atoms with Gasteiger partial charge in [0, 0.05) is 17.6 Å². The van der Waals surface area contributed by atoms with Crippen LogP contribution in [0.15, 0.2) is 18.2 Å². The summed E-state index contributed by atoms with van der Waals surface area (Å²) in [5.41, 5.74) is 6.15. The molecule has 1 rings (SSSR count). The maximum absolute atomic E-state index is 6.04. The number of methoxy groups -OCH3 is 1. The molecule has 14 heavy (non-hydrogen) atoms. The van der Waals surface area contributed by atoms with Crippen molar-refractivity contribution in [3.05, 3.63) is 33.8 Å². The molecule has 0 atom stereocenters. The summed E-state index contributed by atoms with van der Waals surface area (Å²) in [6.45, 7) is 0.463. The van der Waals surface area contributed by atoms with E-state index in [1.54, 1.807) is 25.3 Å². The van der Waals surface area contributed by atoms with Crippen molar-refractivity contribution < 1.29 is 4.74 Å².